The maximum atomic E-state index is 13.1. The van der Waals surface area contributed by atoms with Gasteiger partial charge in [-0.2, -0.15) is 0 Å². The van der Waals surface area contributed by atoms with E-state index in [4.69, 9.17) is 9.47 Å². The number of benzene rings is 2. The zero-order chi connectivity index (χ0) is 20.9. The van der Waals surface area contributed by atoms with Gasteiger partial charge < -0.3 is 9.47 Å². The van der Waals surface area contributed by atoms with Crippen molar-refractivity contribution in [1.82, 2.24) is 4.90 Å². The van der Waals surface area contributed by atoms with Crippen LogP contribution in [0.25, 0.3) is 0 Å². The van der Waals surface area contributed by atoms with E-state index in [1.165, 1.54) is 5.30 Å². The Labute approximate surface area is 183 Å². The van der Waals surface area contributed by atoms with Crippen LogP contribution in [-0.4, -0.2) is 38.7 Å². The summed E-state index contributed by atoms with van der Waals surface area (Å²) in [6, 6.07) is 18.5. The van der Waals surface area contributed by atoms with Crippen molar-refractivity contribution in [3.05, 3.63) is 66.1 Å². The topological polar surface area (TPSA) is 38.8 Å². The minimum Gasteiger partial charge on any atom is -0.496 e. The number of carbonyl (C=O) groups excluding carboxylic acids is 1. The summed E-state index contributed by atoms with van der Waals surface area (Å²) in [6.07, 6.45) is 4.93. The second-order valence-electron chi connectivity index (χ2n) is 8.03. The molecule has 1 unspecified atom stereocenters. The van der Waals surface area contributed by atoms with E-state index >= 15 is 0 Å². The highest BCUT2D eigenvalue weighted by Crippen LogP contribution is 2.48. The van der Waals surface area contributed by atoms with E-state index in [0.29, 0.717) is 6.54 Å². The van der Waals surface area contributed by atoms with Crippen molar-refractivity contribution in [1.29, 1.82) is 0 Å². The number of methoxy groups -OCH3 is 1. The number of para-hydroxylation sites is 1. The van der Waals surface area contributed by atoms with E-state index in [-0.39, 0.29) is 14.5 Å². The third-order valence-electron chi connectivity index (χ3n) is 4.62. The van der Waals surface area contributed by atoms with E-state index in [9.17, 15) is 4.79 Å². The van der Waals surface area contributed by atoms with Gasteiger partial charge >= 0.3 is 6.09 Å². The van der Waals surface area contributed by atoms with Crippen molar-refractivity contribution in [3.8, 4) is 5.75 Å². The highest BCUT2D eigenvalue weighted by atomic mass is 31.1. The number of ether oxygens (including phenoxy) is 2. The fourth-order valence-electron chi connectivity index (χ4n) is 3.37. The Morgan fingerprint density at radius 3 is 2.33 bits per heavy atom. The van der Waals surface area contributed by atoms with E-state index < -0.39 is 13.5 Å². The number of hydrogen-bond donors (Lipinski definition) is 0. The van der Waals surface area contributed by atoms with Gasteiger partial charge in [0.1, 0.15) is 11.4 Å². The van der Waals surface area contributed by atoms with Crippen molar-refractivity contribution in [2.45, 2.75) is 45.6 Å². The summed E-state index contributed by atoms with van der Waals surface area (Å²) in [6.45, 7) is 6.40. The Bertz CT molecular complexity index is 864. The fraction of sp³-hybridized carbons (Fsp3) is 0.375. The molecule has 0 aromatic heterocycles. The molecule has 4 nitrogen and oxygen atoms in total. The summed E-state index contributed by atoms with van der Waals surface area (Å²) in [7, 11) is 0.734. The average Bonchev–Trinajstić information content (AvgIpc) is 2.94. The summed E-state index contributed by atoms with van der Waals surface area (Å²) in [4.78, 5) is 15.0. The van der Waals surface area contributed by atoms with Crippen molar-refractivity contribution in [2.24, 2.45) is 0 Å². The van der Waals surface area contributed by atoms with Gasteiger partial charge in [-0.05, 0) is 51.4 Å². The highest BCUT2D eigenvalue weighted by molar-refractivity contribution is 7.76. The molecule has 6 heteroatoms. The fourth-order valence-corrected chi connectivity index (χ4v) is 5.99. The lowest BCUT2D eigenvalue weighted by Gasteiger charge is -2.33. The van der Waals surface area contributed by atoms with Gasteiger partial charge in [0.2, 0.25) is 0 Å². The van der Waals surface area contributed by atoms with E-state index in [1.807, 2.05) is 49.9 Å². The van der Waals surface area contributed by atoms with Gasteiger partial charge in [-0.1, -0.05) is 54.6 Å². The van der Waals surface area contributed by atoms with Crippen molar-refractivity contribution < 1.29 is 14.3 Å². The number of allylic oxidation sites excluding steroid dienone is 1. The zero-order valence-electron chi connectivity index (χ0n) is 18.3. The minimum atomic E-state index is -0.965. The molecule has 3 rings (SSSR count). The van der Waals surface area contributed by atoms with E-state index in [1.54, 1.807) is 7.11 Å². The lowest BCUT2D eigenvalue weighted by atomic mass is 10.2. The predicted octanol–water partition coefficient (Wildman–Crippen LogP) is 5.01. The first kappa shape index (κ1) is 24.0. The van der Waals surface area contributed by atoms with Crippen molar-refractivity contribution in [3.63, 3.8) is 0 Å². The first-order valence-corrected chi connectivity index (χ1v) is 11.4. The van der Waals surface area contributed by atoms with E-state index in [2.05, 4.69) is 36.4 Å². The van der Waals surface area contributed by atoms with Gasteiger partial charge in [-0.15, -0.1) is 0 Å². The van der Waals surface area contributed by atoms with E-state index in [0.717, 1.165) is 35.8 Å². The molecule has 3 radical (unpaired) electrons. The molecule has 0 saturated carbocycles. The molecule has 1 amide bonds. The number of nitrogens with zero attached hydrogens (tertiary/aromatic N) is 1. The Hall–Kier alpha value is -2.26. The number of carbonyl (C=O) groups is 1. The standard InChI is InChI=1S/C24H30NO3P.B/c1-24(2,3)28-23(26)25-18-12-6-9-17-22(25)29(19-13-7-5-8-14-19)21-16-11-10-15-20(21)27-4;/h5,7-8,10-11,13-17H,6,9,12,18H2,1-4H3;. The van der Waals surface area contributed by atoms with Gasteiger partial charge in [0.15, 0.2) is 0 Å². The van der Waals surface area contributed by atoms with Gasteiger partial charge in [-0.3, -0.25) is 4.90 Å². The third kappa shape index (κ3) is 5.89. The van der Waals surface area contributed by atoms with Crippen LogP contribution in [0.3, 0.4) is 0 Å². The van der Waals surface area contributed by atoms with Crippen molar-refractivity contribution >= 4 is 33.0 Å². The van der Waals surface area contributed by atoms with Crippen LogP contribution in [-0.2, 0) is 4.74 Å². The lowest BCUT2D eigenvalue weighted by molar-refractivity contribution is 0.0328. The molecule has 0 bridgehead atoms. The molecule has 1 atom stereocenters. The zero-order valence-corrected chi connectivity index (χ0v) is 19.2. The number of rotatable bonds is 4. The van der Waals surface area contributed by atoms with Gasteiger partial charge in [-0.25, -0.2) is 4.79 Å². The maximum absolute atomic E-state index is 13.1. The van der Waals surface area contributed by atoms with Crippen LogP contribution in [0.4, 0.5) is 4.79 Å². The monoisotopic (exact) mass is 422 g/mol. The van der Waals surface area contributed by atoms with Gasteiger partial charge in [0.25, 0.3) is 0 Å². The molecular weight excluding hydrogens is 392 g/mol. The quantitative estimate of drug-likeness (QED) is 0.514. The molecule has 0 N–H and O–H groups in total. The Balaban J connectivity index is 0.00000320. The molecule has 0 fully saturated rings. The molecule has 1 aliphatic rings. The minimum absolute atomic E-state index is 0. The van der Waals surface area contributed by atoms with Crippen LogP contribution in [0, 0.1) is 0 Å². The highest BCUT2D eigenvalue weighted by Gasteiger charge is 2.32. The molecule has 2 aromatic rings. The second kappa shape index (κ2) is 10.7. The maximum Gasteiger partial charge on any atom is 0.414 e. The van der Waals surface area contributed by atoms with Gasteiger partial charge in [0.05, 0.1) is 12.5 Å². The first-order valence-electron chi connectivity index (χ1n) is 10.1. The summed E-state index contributed by atoms with van der Waals surface area (Å²) in [5, 5.41) is 2.30. The van der Waals surface area contributed by atoms with Crippen LogP contribution in [0.5, 0.6) is 5.75 Å². The molecule has 157 valence electrons. The van der Waals surface area contributed by atoms with Crippen LogP contribution >= 0.6 is 7.92 Å². The molecule has 0 spiro atoms. The largest absolute Gasteiger partial charge is 0.496 e. The second-order valence-corrected chi connectivity index (χ2v) is 10.2. The summed E-state index contributed by atoms with van der Waals surface area (Å²) >= 11 is 0. The molecule has 0 aliphatic carbocycles. The van der Waals surface area contributed by atoms with Crippen LogP contribution in [0.1, 0.15) is 40.0 Å². The molecule has 2 aromatic carbocycles. The first-order chi connectivity index (χ1) is 13.9. The predicted molar refractivity (Wildman–Crippen MR) is 126 cm³/mol. The smallest absolute Gasteiger partial charge is 0.414 e. The van der Waals surface area contributed by atoms with Crippen LogP contribution in [0.15, 0.2) is 66.1 Å². The van der Waals surface area contributed by atoms with Gasteiger partial charge in [0, 0.05) is 28.2 Å². The number of amides is 1. The molecule has 1 heterocycles. The molecule has 1 aliphatic heterocycles. The van der Waals surface area contributed by atoms with Crippen LogP contribution < -0.4 is 15.3 Å². The Kier molecular flexibility index (Phi) is 8.55. The van der Waals surface area contributed by atoms with Crippen molar-refractivity contribution in [2.75, 3.05) is 13.7 Å². The molecule has 0 saturated heterocycles. The third-order valence-corrected chi connectivity index (χ3v) is 7.17. The SMILES string of the molecule is COc1ccccc1P(C1=CCCCCN1C(=O)OC(C)(C)C)c1ccccc1.[B]. The summed E-state index contributed by atoms with van der Waals surface area (Å²) < 4.78 is 11.5. The molecule has 30 heavy (non-hydrogen) atoms. The average molecular weight is 422 g/mol. The number of hydrogen-bond acceptors (Lipinski definition) is 3. The Morgan fingerprint density at radius 1 is 1.00 bits per heavy atom. The lowest BCUT2D eigenvalue weighted by Crippen LogP contribution is -2.37. The molecular formula is C24H30BNO3P. The summed E-state index contributed by atoms with van der Waals surface area (Å²) in [5.41, 5.74) is 0.497. The Morgan fingerprint density at radius 2 is 1.67 bits per heavy atom. The normalized spacial score (nSPS) is 15.3. The summed E-state index contributed by atoms with van der Waals surface area (Å²) in [5.74, 6) is 0.844. The van der Waals surface area contributed by atoms with Crippen LogP contribution in [0.2, 0.25) is 0 Å².